The summed E-state index contributed by atoms with van der Waals surface area (Å²) in [7, 11) is 0. The van der Waals surface area contributed by atoms with Gasteiger partial charge in [0.25, 0.3) is 0 Å². The minimum Gasteiger partial charge on any atom is -0.388 e. The molecule has 92 valence electrons. The van der Waals surface area contributed by atoms with Crippen LogP contribution in [0.5, 0.6) is 0 Å². The number of aliphatic hydroxyl groups is 1. The van der Waals surface area contributed by atoms with Gasteiger partial charge >= 0.3 is 0 Å². The second-order valence-electron chi connectivity index (χ2n) is 4.50. The fourth-order valence-electron chi connectivity index (χ4n) is 1.66. The molecule has 0 amide bonds. The van der Waals surface area contributed by atoms with Gasteiger partial charge in [-0.15, -0.1) is 11.3 Å². The lowest BCUT2D eigenvalue weighted by atomic mass is 10.1. The van der Waals surface area contributed by atoms with Gasteiger partial charge in [-0.05, 0) is 44.0 Å². The summed E-state index contributed by atoms with van der Waals surface area (Å²) >= 11 is 3.45. The van der Waals surface area contributed by atoms with Gasteiger partial charge in [-0.25, -0.2) is 0 Å². The van der Waals surface area contributed by atoms with Crippen molar-refractivity contribution in [1.82, 2.24) is 5.32 Å². The molecule has 0 aliphatic heterocycles. The Morgan fingerprint density at radius 2 is 2.31 bits per heavy atom. The molecule has 1 heterocycles. The molecule has 0 aromatic carbocycles. The van der Waals surface area contributed by atoms with Crippen molar-refractivity contribution in [1.29, 1.82) is 0 Å². The molecule has 4 heteroatoms. The first-order valence-corrected chi connectivity index (χ1v) is 7.72. The molecule has 0 radical (unpaired) electrons. The van der Waals surface area contributed by atoms with Crippen molar-refractivity contribution in [3.63, 3.8) is 0 Å². The Kier molecular flexibility index (Phi) is 5.31. The maximum absolute atomic E-state index is 10.1. The number of thiophene rings is 1. The molecular formula is C12H21NOS2. The fourth-order valence-corrected chi connectivity index (χ4v) is 3.34. The minimum atomic E-state index is -0.626. The lowest BCUT2D eigenvalue weighted by molar-refractivity contribution is 0.0822. The Hall–Kier alpha value is -0.0300. The lowest BCUT2D eigenvalue weighted by Gasteiger charge is -2.25. The topological polar surface area (TPSA) is 32.3 Å². The summed E-state index contributed by atoms with van der Waals surface area (Å²) in [6.07, 6.45) is 2.02. The van der Waals surface area contributed by atoms with Gasteiger partial charge in [-0.1, -0.05) is 0 Å². The van der Waals surface area contributed by atoms with Crippen LogP contribution in [0.3, 0.4) is 0 Å². The smallest absolute Gasteiger partial charge is 0.0833 e. The van der Waals surface area contributed by atoms with Crippen LogP contribution in [0.1, 0.15) is 30.3 Å². The molecule has 2 atom stereocenters. The first-order valence-electron chi connectivity index (χ1n) is 5.45. The van der Waals surface area contributed by atoms with Crippen molar-refractivity contribution in [3.8, 4) is 0 Å². The van der Waals surface area contributed by atoms with Crippen LogP contribution < -0.4 is 5.32 Å². The van der Waals surface area contributed by atoms with Crippen LogP contribution >= 0.6 is 23.1 Å². The summed E-state index contributed by atoms with van der Waals surface area (Å²) in [6.45, 7) is 6.79. The molecule has 0 aliphatic rings. The SMILES string of the molecule is CSCC(C)(O)CNC(C)c1sccc1C. The van der Waals surface area contributed by atoms with Crippen molar-refractivity contribution >= 4 is 23.1 Å². The number of hydrogen-bond acceptors (Lipinski definition) is 4. The zero-order valence-corrected chi connectivity index (χ0v) is 12.0. The van der Waals surface area contributed by atoms with E-state index in [0.717, 1.165) is 5.75 Å². The number of nitrogens with one attached hydrogen (secondary N) is 1. The minimum absolute atomic E-state index is 0.313. The summed E-state index contributed by atoms with van der Waals surface area (Å²) in [5, 5.41) is 15.6. The number of thioether (sulfide) groups is 1. The van der Waals surface area contributed by atoms with Gasteiger partial charge in [0.2, 0.25) is 0 Å². The van der Waals surface area contributed by atoms with E-state index >= 15 is 0 Å². The Bertz CT molecular complexity index is 323. The third kappa shape index (κ3) is 4.09. The Morgan fingerprint density at radius 3 is 2.81 bits per heavy atom. The maximum Gasteiger partial charge on any atom is 0.0833 e. The molecule has 0 bridgehead atoms. The van der Waals surface area contributed by atoms with Gasteiger partial charge < -0.3 is 10.4 Å². The average molecular weight is 259 g/mol. The highest BCUT2D eigenvalue weighted by Gasteiger charge is 2.21. The lowest BCUT2D eigenvalue weighted by Crippen LogP contribution is -2.40. The van der Waals surface area contributed by atoms with Gasteiger partial charge in [-0.3, -0.25) is 0 Å². The highest BCUT2D eigenvalue weighted by Crippen LogP contribution is 2.23. The van der Waals surface area contributed by atoms with Crippen LogP contribution in [0, 0.1) is 6.92 Å². The molecule has 2 N–H and O–H groups in total. The molecule has 1 aromatic heterocycles. The number of aryl methyl sites for hydroxylation is 1. The number of rotatable bonds is 6. The van der Waals surface area contributed by atoms with E-state index in [9.17, 15) is 5.11 Å². The standard InChI is InChI=1S/C12H21NOS2/c1-9-5-6-16-11(9)10(2)13-7-12(3,14)8-15-4/h5-6,10,13-14H,7-8H2,1-4H3. The summed E-state index contributed by atoms with van der Waals surface area (Å²) in [5.41, 5.74) is 0.702. The van der Waals surface area contributed by atoms with E-state index in [2.05, 4.69) is 30.6 Å². The second kappa shape index (κ2) is 6.05. The molecule has 1 rings (SSSR count). The second-order valence-corrected chi connectivity index (χ2v) is 6.31. The van der Waals surface area contributed by atoms with Crippen LogP contribution in [-0.4, -0.2) is 29.3 Å². The molecule has 0 fully saturated rings. The van der Waals surface area contributed by atoms with Gasteiger partial charge in [0.15, 0.2) is 0 Å². The van der Waals surface area contributed by atoms with E-state index in [0.29, 0.717) is 12.6 Å². The van der Waals surface area contributed by atoms with Gasteiger partial charge in [0.05, 0.1) is 5.60 Å². The Labute approximate surface area is 106 Å². The van der Waals surface area contributed by atoms with E-state index in [1.54, 1.807) is 23.1 Å². The zero-order chi connectivity index (χ0) is 12.2. The summed E-state index contributed by atoms with van der Waals surface area (Å²) in [5.74, 6) is 0.760. The fraction of sp³-hybridized carbons (Fsp3) is 0.667. The predicted molar refractivity (Wildman–Crippen MR) is 74.5 cm³/mol. The first kappa shape index (κ1) is 14.0. The van der Waals surface area contributed by atoms with E-state index in [1.807, 2.05) is 13.2 Å². The van der Waals surface area contributed by atoms with E-state index in [1.165, 1.54) is 10.4 Å². The summed E-state index contributed by atoms with van der Waals surface area (Å²) < 4.78 is 0. The quantitative estimate of drug-likeness (QED) is 0.824. The highest BCUT2D eigenvalue weighted by atomic mass is 32.2. The van der Waals surface area contributed by atoms with Crippen molar-refractivity contribution in [2.45, 2.75) is 32.4 Å². The Morgan fingerprint density at radius 1 is 1.62 bits per heavy atom. The largest absolute Gasteiger partial charge is 0.388 e. The predicted octanol–water partition coefficient (Wildman–Crippen LogP) is 2.82. The van der Waals surface area contributed by atoms with Crippen molar-refractivity contribution in [3.05, 3.63) is 21.9 Å². The molecule has 1 aromatic rings. The normalized spacial score (nSPS) is 17.1. The van der Waals surface area contributed by atoms with Crippen molar-refractivity contribution < 1.29 is 5.11 Å². The summed E-state index contributed by atoms with van der Waals surface area (Å²) in [4.78, 5) is 1.36. The molecular weight excluding hydrogens is 238 g/mol. The van der Waals surface area contributed by atoms with Gasteiger partial charge in [-0.2, -0.15) is 11.8 Å². The van der Waals surface area contributed by atoms with E-state index in [4.69, 9.17) is 0 Å². The van der Waals surface area contributed by atoms with Crippen LogP contribution in [-0.2, 0) is 0 Å². The van der Waals surface area contributed by atoms with E-state index in [-0.39, 0.29) is 0 Å². The average Bonchev–Trinajstić information content (AvgIpc) is 2.61. The van der Waals surface area contributed by atoms with Crippen LogP contribution in [0.25, 0.3) is 0 Å². The molecule has 2 unspecified atom stereocenters. The maximum atomic E-state index is 10.1. The van der Waals surface area contributed by atoms with Gasteiger partial charge in [0, 0.05) is 23.2 Å². The molecule has 16 heavy (non-hydrogen) atoms. The van der Waals surface area contributed by atoms with Crippen LogP contribution in [0.15, 0.2) is 11.4 Å². The molecule has 2 nitrogen and oxygen atoms in total. The van der Waals surface area contributed by atoms with Crippen molar-refractivity contribution in [2.24, 2.45) is 0 Å². The van der Waals surface area contributed by atoms with Crippen LogP contribution in [0.2, 0.25) is 0 Å². The van der Waals surface area contributed by atoms with Gasteiger partial charge in [0.1, 0.15) is 0 Å². The molecule has 0 aliphatic carbocycles. The molecule has 0 spiro atoms. The molecule has 0 saturated heterocycles. The zero-order valence-electron chi connectivity index (χ0n) is 10.4. The summed E-state index contributed by atoms with van der Waals surface area (Å²) in [6, 6.07) is 2.45. The Balaban J connectivity index is 2.47. The molecule has 0 saturated carbocycles. The van der Waals surface area contributed by atoms with Crippen molar-refractivity contribution in [2.75, 3.05) is 18.6 Å². The third-order valence-corrected chi connectivity index (χ3v) is 4.65. The highest BCUT2D eigenvalue weighted by molar-refractivity contribution is 7.98. The van der Waals surface area contributed by atoms with Crippen LogP contribution in [0.4, 0.5) is 0 Å². The first-order chi connectivity index (χ1) is 7.46. The monoisotopic (exact) mass is 259 g/mol. The third-order valence-electron chi connectivity index (χ3n) is 2.54. The van der Waals surface area contributed by atoms with E-state index < -0.39 is 5.60 Å². The number of hydrogen-bond donors (Lipinski definition) is 2.